The van der Waals surface area contributed by atoms with Gasteiger partial charge in [-0.2, -0.15) is 5.10 Å². The lowest BCUT2D eigenvalue weighted by molar-refractivity contribution is 0.689. The van der Waals surface area contributed by atoms with Gasteiger partial charge in [-0.1, -0.05) is 17.4 Å². The maximum absolute atomic E-state index is 5.89. The molecular weight excluding hydrogens is 354 g/mol. The normalized spacial score (nSPS) is 14.2. The Morgan fingerprint density at radius 3 is 2.74 bits per heavy atom. The first kappa shape index (κ1) is 15.1. The van der Waals surface area contributed by atoms with Crippen LogP contribution in [-0.2, 0) is 12.8 Å². The number of nitrogens with zero attached hydrogens (tertiary/aromatic N) is 3. The highest BCUT2D eigenvalue weighted by Gasteiger charge is 2.21. The third-order valence-corrected chi connectivity index (χ3v) is 6.42. The number of anilines is 1. The molecule has 0 atom stereocenters. The summed E-state index contributed by atoms with van der Waals surface area (Å²) in [5, 5.41) is 10.4. The molecule has 6 heteroatoms. The van der Waals surface area contributed by atoms with Crippen molar-refractivity contribution in [2.45, 2.75) is 25.7 Å². The zero-order chi connectivity index (χ0) is 18.0. The molecule has 0 aliphatic heterocycles. The second kappa shape index (κ2) is 5.50. The van der Waals surface area contributed by atoms with E-state index in [0.717, 1.165) is 45.3 Å². The van der Waals surface area contributed by atoms with Gasteiger partial charge in [0.25, 0.3) is 0 Å². The Morgan fingerprint density at radius 1 is 0.963 bits per heavy atom. The van der Waals surface area contributed by atoms with Crippen LogP contribution in [0.2, 0.25) is 0 Å². The number of H-pyrrole nitrogens is 1. The van der Waals surface area contributed by atoms with Crippen LogP contribution in [0.15, 0.2) is 36.5 Å². The molecule has 0 radical (unpaired) electrons. The average molecular weight is 371 g/mol. The maximum atomic E-state index is 5.89. The Hall–Kier alpha value is -2.99. The van der Waals surface area contributed by atoms with E-state index in [1.807, 2.05) is 6.20 Å². The molecule has 0 saturated heterocycles. The van der Waals surface area contributed by atoms with Crippen LogP contribution in [0, 0.1) is 0 Å². The van der Waals surface area contributed by atoms with Gasteiger partial charge in [0.05, 0.1) is 33.1 Å². The molecule has 1 aliphatic carbocycles. The summed E-state index contributed by atoms with van der Waals surface area (Å²) in [6.07, 6.45) is 6.54. The van der Waals surface area contributed by atoms with Crippen LogP contribution >= 0.6 is 11.3 Å². The maximum Gasteiger partial charge on any atom is 0.181 e. The highest BCUT2D eigenvalue weighted by molar-refractivity contribution is 7.22. The number of rotatable bonds is 1. The first-order valence-corrected chi connectivity index (χ1v) is 10.0. The molecule has 5 aromatic rings. The van der Waals surface area contributed by atoms with Crippen LogP contribution in [0.25, 0.3) is 43.3 Å². The number of pyridine rings is 1. The highest BCUT2D eigenvalue weighted by Crippen LogP contribution is 2.38. The number of aromatic amines is 1. The number of nitrogens with one attached hydrogen (secondary N) is 1. The van der Waals surface area contributed by atoms with Crippen LogP contribution in [0.3, 0.4) is 0 Å². The lowest BCUT2D eigenvalue weighted by atomic mass is 9.85. The minimum atomic E-state index is 0.609. The van der Waals surface area contributed by atoms with E-state index in [0.29, 0.717) is 5.13 Å². The average Bonchev–Trinajstić information content (AvgIpc) is 3.31. The van der Waals surface area contributed by atoms with E-state index in [1.165, 1.54) is 46.1 Å². The lowest BCUT2D eigenvalue weighted by Gasteiger charge is -2.21. The van der Waals surface area contributed by atoms with Crippen LogP contribution in [0.5, 0.6) is 0 Å². The molecule has 0 amide bonds. The largest absolute Gasteiger partial charge is 0.375 e. The lowest BCUT2D eigenvalue weighted by Crippen LogP contribution is -2.07. The number of aryl methyl sites for hydroxylation is 1. The van der Waals surface area contributed by atoms with Crippen molar-refractivity contribution in [3.8, 4) is 11.3 Å². The highest BCUT2D eigenvalue weighted by atomic mass is 32.1. The number of fused-ring (bicyclic) bond motifs is 6. The van der Waals surface area contributed by atoms with Gasteiger partial charge in [0, 0.05) is 16.3 Å². The summed E-state index contributed by atoms with van der Waals surface area (Å²) in [4.78, 5) is 9.49. The van der Waals surface area contributed by atoms with E-state index in [1.54, 1.807) is 0 Å². The van der Waals surface area contributed by atoms with Gasteiger partial charge < -0.3 is 5.73 Å². The third kappa shape index (κ3) is 2.20. The first-order valence-electron chi connectivity index (χ1n) is 9.22. The molecule has 0 bridgehead atoms. The van der Waals surface area contributed by atoms with Crippen LogP contribution in [-0.4, -0.2) is 20.2 Å². The van der Waals surface area contributed by atoms with Gasteiger partial charge in [0.2, 0.25) is 0 Å². The SMILES string of the molecule is Nc1nc2ccc(-c3nc4ccc5[nH]ncc5c4c4c3CCCC4)cc2s1. The zero-order valence-electron chi connectivity index (χ0n) is 14.6. The summed E-state index contributed by atoms with van der Waals surface area (Å²) in [5.41, 5.74) is 14.1. The summed E-state index contributed by atoms with van der Waals surface area (Å²) in [6.45, 7) is 0. The van der Waals surface area contributed by atoms with Crippen LogP contribution < -0.4 is 5.73 Å². The van der Waals surface area contributed by atoms with Gasteiger partial charge >= 0.3 is 0 Å². The number of nitrogen functional groups attached to an aromatic ring is 1. The molecule has 3 heterocycles. The molecule has 1 aliphatic rings. The van der Waals surface area contributed by atoms with E-state index in [-0.39, 0.29) is 0 Å². The number of benzene rings is 2. The fourth-order valence-electron chi connectivity index (χ4n) is 4.38. The van der Waals surface area contributed by atoms with Crippen molar-refractivity contribution in [2.75, 3.05) is 5.73 Å². The fourth-order valence-corrected chi connectivity index (χ4v) is 5.15. The standard InChI is InChI=1S/C21H17N5S/c22-21-25-16-6-5-11(9-18(16)27-21)20-13-4-2-1-3-12(13)19-14-10-23-26-15(14)7-8-17(19)24-20/h5-10H,1-4H2,(H2,22,25)(H,23,26). The zero-order valence-corrected chi connectivity index (χ0v) is 15.4. The molecule has 0 saturated carbocycles. The molecule has 5 nitrogen and oxygen atoms in total. The number of aromatic nitrogens is 4. The van der Waals surface area contributed by atoms with E-state index in [9.17, 15) is 0 Å². The summed E-state index contributed by atoms with van der Waals surface area (Å²) < 4.78 is 1.11. The minimum absolute atomic E-state index is 0.609. The van der Waals surface area contributed by atoms with Crippen molar-refractivity contribution in [3.63, 3.8) is 0 Å². The molecule has 132 valence electrons. The smallest absolute Gasteiger partial charge is 0.181 e. The second-order valence-electron chi connectivity index (χ2n) is 7.15. The molecule has 27 heavy (non-hydrogen) atoms. The minimum Gasteiger partial charge on any atom is -0.375 e. The molecule has 0 spiro atoms. The monoisotopic (exact) mass is 371 g/mol. The number of thiazole rings is 1. The molecular formula is C21H17N5S. The number of nitrogens with two attached hydrogens (primary N) is 1. The molecule has 6 rings (SSSR count). The third-order valence-electron chi connectivity index (χ3n) is 5.57. The van der Waals surface area contributed by atoms with Crippen molar-refractivity contribution in [1.82, 2.24) is 20.2 Å². The molecule has 2 aromatic carbocycles. The second-order valence-corrected chi connectivity index (χ2v) is 8.21. The predicted octanol–water partition coefficient (Wildman–Crippen LogP) is 4.85. The molecule has 0 unspecified atom stereocenters. The Labute approximate surface area is 159 Å². The fraction of sp³-hybridized carbons (Fsp3) is 0.190. The van der Waals surface area contributed by atoms with Crippen molar-refractivity contribution in [2.24, 2.45) is 0 Å². The summed E-state index contributed by atoms with van der Waals surface area (Å²) in [7, 11) is 0. The van der Waals surface area contributed by atoms with Crippen molar-refractivity contribution in [1.29, 1.82) is 0 Å². The quantitative estimate of drug-likeness (QED) is 0.441. The first-order chi connectivity index (χ1) is 13.3. The molecule has 0 fully saturated rings. The predicted molar refractivity (Wildman–Crippen MR) is 111 cm³/mol. The molecule has 3 aromatic heterocycles. The Kier molecular flexibility index (Phi) is 3.08. The van der Waals surface area contributed by atoms with Gasteiger partial charge in [-0.3, -0.25) is 5.10 Å². The van der Waals surface area contributed by atoms with Crippen molar-refractivity contribution < 1.29 is 0 Å². The van der Waals surface area contributed by atoms with E-state index in [4.69, 9.17) is 10.7 Å². The Balaban J connectivity index is 1.69. The van der Waals surface area contributed by atoms with Gasteiger partial charge in [-0.25, -0.2) is 9.97 Å². The van der Waals surface area contributed by atoms with Gasteiger partial charge in [-0.05, 0) is 61.1 Å². The topological polar surface area (TPSA) is 80.5 Å². The van der Waals surface area contributed by atoms with E-state index < -0.39 is 0 Å². The number of hydrogen-bond acceptors (Lipinski definition) is 5. The Bertz CT molecular complexity index is 1350. The van der Waals surface area contributed by atoms with Gasteiger partial charge in [-0.15, -0.1) is 0 Å². The van der Waals surface area contributed by atoms with Gasteiger partial charge in [0.1, 0.15) is 0 Å². The number of hydrogen-bond donors (Lipinski definition) is 2. The summed E-state index contributed by atoms with van der Waals surface area (Å²) in [5.74, 6) is 0. The summed E-state index contributed by atoms with van der Waals surface area (Å²) in [6, 6.07) is 10.5. The van der Waals surface area contributed by atoms with Crippen LogP contribution in [0.1, 0.15) is 24.0 Å². The Morgan fingerprint density at radius 2 is 1.81 bits per heavy atom. The van der Waals surface area contributed by atoms with Gasteiger partial charge in [0.15, 0.2) is 5.13 Å². The van der Waals surface area contributed by atoms with Crippen molar-refractivity contribution >= 4 is 48.5 Å². The molecule has 3 N–H and O–H groups in total. The van der Waals surface area contributed by atoms with Crippen molar-refractivity contribution in [3.05, 3.63) is 47.7 Å². The van der Waals surface area contributed by atoms with E-state index in [2.05, 4.69) is 45.5 Å². The van der Waals surface area contributed by atoms with Crippen LogP contribution in [0.4, 0.5) is 5.13 Å². The van der Waals surface area contributed by atoms with E-state index >= 15 is 0 Å². The summed E-state index contributed by atoms with van der Waals surface area (Å²) >= 11 is 1.53.